The predicted molar refractivity (Wildman–Crippen MR) is 46.8 cm³/mol. The van der Waals surface area contributed by atoms with Gasteiger partial charge in [0, 0.05) is 0 Å². The summed E-state index contributed by atoms with van der Waals surface area (Å²) in [5.74, 6) is -1.17. The first-order valence-electron chi connectivity index (χ1n) is 4.07. The maximum Gasteiger partial charge on any atom is 0.336 e. The van der Waals surface area contributed by atoms with Crippen molar-refractivity contribution in [3.05, 3.63) is 11.3 Å². The first-order chi connectivity index (χ1) is 6.17. The third kappa shape index (κ3) is 3.61. The zero-order chi connectivity index (χ0) is 10.3. The van der Waals surface area contributed by atoms with Crippen molar-refractivity contribution >= 4 is 5.97 Å². The lowest BCUT2D eigenvalue weighted by atomic mass is 10.1. The van der Waals surface area contributed by atoms with E-state index in [1.165, 1.54) is 7.11 Å². The van der Waals surface area contributed by atoms with Crippen molar-refractivity contribution in [2.24, 2.45) is 0 Å². The second-order valence-electron chi connectivity index (χ2n) is 2.53. The number of nitrogens with zero attached hydrogens (tertiary/aromatic N) is 1. The summed E-state index contributed by atoms with van der Waals surface area (Å²) >= 11 is 0. The van der Waals surface area contributed by atoms with Crippen LogP contribution in [0.2, 0.25) is 0 Å². The van der Waals surface area contributed by atoms with E-state index in [-0.39, 0.29) is 11.3 Å². The van der Waals surface area contributed by atoms with Gasteiger partial charge in [-0.3, -0.25) is 0 Å². The molecule has 0 amide bonds. The van der Waals surface area contributed by atoms with E-state index in [1.54, 1.807) is 6.07 Å². The van der Waals surface area contributed by atoms with Crippen LogP contribution in [-0.2, 0) is 9.53 Å². The Kier molecular flexibility index (Phi) is 5.37. The topological polar surface area (TPSA) is 70.3 Å². The van der Waals surface area contributed by atoms with Gasteiger partial charge in [-0.05, 0) is 12.8 Å². The molecule has 0 fully saturated rings. The number of ether oxygens (including phenoxy) is 1. The minimum Gasteiger partial charge on any atom is -0.487 e. The highest BCUT2D eigenvalue weighted by Crippen LogP contribution is 2.13. The Morgan fingerprint density at radius 1 is 1.62 bits per heavy atom. The number of hydrogen-bond acceptors (Lipinski definition) is 3. The molecule has 0 radical (unpaired) electrons. The van der Waals surface area contributed by atoms with Crippen molar-refractivity contribution in [1.82, 2.24) is 0 Å². The Balaban J connectivity index is 4.67. The highest BCUT2D eigenvalue weighted by molar-refractivity contribution is 5.87. The monoisotopic (exact) mass is 183 g/mol. The van der Waals surface area contributed by atoms with Gasteiger partial charge in [-0.25, -0.2) is 4.79 Å². The van der Waals surface area contributed by atoms with Gasteiger partial charge in [-0.2, -0.15) is 5.26 Å². The maximum atomic E-state index is 10.7. The molecule has 0 saturated carbocycles. The molecule has 0 aromatic heterocycles. The zero-order valence-corrected chi connectivity index (χ0v) is 7.83. The molecular weight excluding hydrogens is 170 g/mol. The van der Waals surface area contributed by atoms with E-state index in [9.17, 15) is 4.79 Å². The largest absolute Gasteiger partial charge is 0.487 e. The summed E-state index contributed by atoms with van der Waals surface area (Å²) in [7, 11) is 1.30. The van der Waals surface area contributed by atoms with Crippen LogP contribution in [0.5, 0.6) is 0 Å². The van der Waals surface area contributed by atoms with E-state index in [0.29, 0.717) is 6.42 Å². The average Bonchev–Trinajstić information content (AvgIpc) is 2.11. The van der Waals surface area contributed by atoms with Gasteiger partial charge in [-0.1, -0.05) is 13.3 Å². The molecule has 0 aromatic rings. The first kappa shape index (κ1) is 11.5. The summed E-state index contributed by atoms with van der Waals surface area (Å²) < 4.78 is 4.66. The summed E-state index contributed by atoms with van der Waals surface area (Å²) in [5.41, 5.74) is 0.0619. The van der Waals surface area contributed by atoms with Crippen LogP contribution < -0.4 is 0 Å². The van der Waals surface area contributed by atoms with Crippen LogP contribution in [0.4, 0.5) is 0 Å². The highest BCUT2D eigenvalue weighted by Gasteiger charge is 2.14. The van der Waals surface area contributed by atoms with E-state index in [2.05, 4.69) is 4.74 Å². The Bertz CT molecular complexity index is 250. The third-order valence-corrected chi connectivity index (χ3v) is 1.62. The van der Waals surface area contributed by atoms with Crippen LogP contribution in [0, 0.1) is 11.3 Å². The lowest BCUT2D eigenvalue weighted by Gasteiger charge is -2.03. The number of aliphatic carboxylic acids is 1. The van der Waals surface area contributed by atoms with Gasteiger partial charge in [0.15, 0.2) is 0 Å². The van der Waals surface area contributed by atoms with Crippen molar-refractivity contribution in [3.63, 3.8) is 0 Å². The SMILES string of the molecule is CCCCC(C(=O)O)=C(C#N)OC. The number of hydrogen-bond donors (Lipinski definition) is 1. The number of carbonyl (C=O) groups is 1. The summed E-state index contributed by atoms with van der Waals surface area (Å²) in [4.78, 5) is 10.7. The van der Waals surface area contributed by atoms with Crippen molar-refractivity contribution in [1.29, 1.82) is 5.26 Å². The summed E-state index contributed by atoms with van der Waals surface area (Å²) in [6, 6.07) is 1.72. The van der Waals surface area contributed by atoms with Crippen molar-refractivity contribution in [2.45, 2.75) is 26.2 Å². The fourth-order valence-corrected chi connectivity index (χ4v) is 0.907. The molecule has 0 aromatic carbocycles. The molecule has 0 rings (SSSR count). The fraction of sp³-hybridized carbons (Fsp3) is 0.556. The van der Waals surface area contributed by atoms with E-state index in [1.807, 2.05) is 6.92 Å². The molecule has 13 heavy (non-hydrogen) atoms. The highest BCUT2D eigenvalue weighted by atomic mass is 16.5. The Morgan fingerprint density at radius 2 is 2.23 bits per heavy atom. The van der Waals surface area contributed by atoms with Gasteiger partial charge in [0.2, 0.25) is 5.76 Å². The lowest BCUT2D eigenvalue weighted by molar-refractivity contribution is -0.133. The normalized spacial score (nSPS) is 11.5. The van der Waals surface area contributed by atoms with Gasteiger partial charge in [-0.15, -0.1) is 0 Å². The maximum absolute atomic E-state index is 10.7. The fourth-order valence-electron chi connectivity index (χ4n) is 0.907. The molecule has 72 valence electrons. The molecule has 0 aliphatic rings. The van der Waals surface area contributed by atoms with Crippen LogP contribution in [0.25, 0.3) is 0 Å². The molecule has 1 N–H and O–H groups in total. The predicted octanol–water partition coefficient (Wildman–Crippen LogP) is 1.69. The molecule has 0 bridgehead atoms. The van der Waals surface area contributed by atoms with E-state index in [0.717, 1.165) is 12.8 Å². The standard InChI is InChI=1S/C9H13NO3/c1-3-4-5-7(9(11)12)8(6-10)13-2/h3-5H2,1-2H3,(H,11,12). The molecule has 4 nitrogen and oxygen atoms in total. The minimum absolute atomic E-state index is 0.0619. The molecule has 0 saturated heterocycles. The molecule has 0 aliphatic carbocycles. The number of rotatable bonds is 5. The Labute approximate surface area is 77.4 Å². The number of allylic oxidation sites excluding steroid dienone is 1. The molecular formula is C9H13NO3. The molecule has 0 heterocycles. The van der Waals surface area contributed by atoms with Gasteiger partial charge in [0.25, 0.3) is 0 Å². The van der Waals surface area contributed by atoms with Crippen LogP contribution in [0.1, 0.15) is 26.2 Å². The van der Waals surface area contributed by atoms with Gasteiger partial charge >= 0.3 is 5.97 Å². The van der Waals surface area contributed by atoms with Crippen LogP contribution >= 0.6 is 0 Å². The van der Waals surface area contributed by atoms with Crippen molar-refractivity contribution < 1.29 is 14.6 Å². The van der Waals surface area contributed by atoms with Crippen molar-refractivity contribution in [2.75, 3.05) is 7.11 Å². The van der Waals surface area contributed by atoms with Crippen LogP contribution in [0.3, 0.4) is 0 Å². The molecule has 4 heteroatoms. The van der Waals surface area contributed by atoms with E-state index >= 15 is 0 Å². The Morgan fingerprint density at radius 3 is 2.54 bits per heavy atom. The smallest absolute Gasteiger partial charge is 0.336 e. The zero-order valence-electron chi connectivity index (χ0n) is 7.83. The molecule has 0 unspecified atom stereocenters. The molecule has 0 spiro atoms. The number of methoxy groups -OCH3 is 1. The third-order valence-electron chi connectivity index (χ3n) is 1.62. The lowest BCUT2D eigenvalue weighted by Crippen LogP contribution is -2.05. The number of carboxylic acids is 1. The first-order valence-corrected chi connectivity index (χ1v) is 4.07. The van der Waals surface area contributed by atoms with Crippen LogP contribution in [-0.4, -0.2) is 18.2 Å². The van der Waals surface area contributed by atoms with Crippen LogP contribution in [0.15, 0.2) is 11.3 Å². The minimum atomic E-state index is -1.08. The average molecular weight is 183 g/mol. The summed E-state index contributed by atoms with van der Waals surface area (Å²) in [6.07, 6.45) is 2.01. The molecule has 0 atom stereocenters. The van der Waals surface area contributed by atoms with E-state index in [4.69, 9.17) is 10.4 Å². The number of unbranched alkanes of at least 4 members (excludes halogenated alkanes) is 1. The molecule has 0 aliphatic heterocycles. The summed E-state index contributed by atoms with van der Waals surface area (Å²) in [6.45, 7) is 1.96. The quantitative estimate of drug-likeness (QED) is 0.400. The van der Waals surface area contributed by atoms with Gasteiger partial charge in [0.05, 0.1) is 12.7 Å². The second-order valence-corrected chi connectivity index (χ2v) is 2.53. The second kappa shape index (κ2) is 6.06. The number of nitriles is 1. The Hall–Kier alpha value is -1.50. The summed E-state index contributed by atoms with van der Waals surface area (Å²) in [5, 5.41) is 17.3. The van der Waals surface area contributed by atoms with E-state index < -0.39 is 5.97 Å². The van der Waals surface area contributed by atoms with Gasteiger partial charge in [0.1, 0.15) is 6.07 Å². The van der Waals surface area contributed by atoms with Crippen molar-refractivity contribution in [3.8, 4) is 6.07 Å². The van der Waals surface area contributed by atoms with Gasteiger partial charge < -0.3 is 9.84 Å². The number of carboxylic acid groups (broad SMARTS) is 1.